The molecule has 1 aromatic heterocycles. The van der Waals surface area contributed by atoms with Gasteiger partial charge in [-0.1, -0.05) is 6.07 Å². The fourth-order valence-electron chi connectivity index (χ4n) is 1.83. The molecule has 0 aliphatic carbocycles. The van der Waals surface area contributed by atoms with Gasteiger partial charge in [-0.15, -0.1) is 0 Å². The molecule has 2 aromatic rings. The van der Waals surface area contributed by atoms with E-state index in [-0.39, 0.29) is 11.9 Å². The number of methoxy groups -OCH3 is 2. The Morgan fingerprint density at radius 2 is 2.15 bits per heavy atom. The van der Waals surface area contributed by atoms with Crippen molar-refractivity contribution in [3.05, 3.63) is 35.9 Å². The lowest BCUT2D eigenvalue weighted by molar-refractivity contribution is 0.0934. The molecular formula is C13H16N4O3. The number of ether oxygens (including phenoxy) is 2. The SMILES string of the molecule is COc1cccc(C(=O)NC(C)c2ncn[nH]2)c1OC. The number of carbonyl (C=O) groups excluding carboxylic acids is 1. The summed E-state index contributed by atoms with van der Waals surface area (Å²) in [6.45, 7) is 1.81. The smallest absolute Gasteiger partial charge is 0.255 e. The van der Waals surface area contributed by atoms with Gasteiger partial charge in [-0.2, -0.15) is 5.10 Å². The maximum atomic E-state index is 12.3. The largest absolute Gasteiger partial charge is 0.493 e. The third-order valence-electron chi connectivity index (χ3n) is 2.84. The predicted octanol–water partition coefficient (Wildman–Crippen LogP) is 1.31. The molecule has 20 heavy (non-hydrogen) atoms. The van der Waals surface area contributed by atoms with Crippen LogP contribution in [0.1, 0.15) is 29.1 Å². The van der Waals surface area contributed by atoms with Crippen molar-refractivity contribution >= 4 is 5.91 Å². The molecule has 2 N–H and O–H groups in total. The van der Waals surface area contributed by atoms with Gasteiger partial charge in [-0.3, -0.25) is 9.89 Å². The molecule has 0 aliphatic rings. The molecular weight excluding hydrogens is 260 g/mol. The van der Waals surface area contributed by atoms with Crippen LogP contribution in [0.2, 0.25) is 0 Å². The first-order valence-electron chi connectivity index (χ1n) is 6.04. The average Bonchev–Trinajstić information content (AvgIpc) is 3.00. The third kappa shape index (κ3) is 2.71. The van der Waals surface area contributed by atoms with E-state index >= 15 is 0 Å². The van der Waals surface area contributed by atoms with Gasteiger partial charge in [-0.25, -0.2) is 4.98 Å². The van der Waals surface area contributed by atoms with Gasteiger partial charge in [0.15, 0.2) is 11.5 Å². The van der Waals surface area contributed by atoms with E-state index in [4.69, 9.17) is 9.47 Å². The summed E-state index contributed by atoms with van der Waals surface area (Å²) in [6, 6.07) is 4.84. The summed E-state index contributed by atoms with van der Waals surface area (Å²) < 4.78 is 10.4. The molecule has 0 spiro atoms. The highest BCUT2D eigenvalue weighted by atomic mass is 16.5. The van der Waals surface area contributed by atoms with Crippen LogP contribution < -0.4 is 14.8 Å². The number of nitrogens with one attached hydrogen (secondary N) is 2. The monoisotopic (exact) mass is 276 g/mol. The first-order valence-corrected chi connectivity index (χ1v) is 6.04. The van der Waals surface area contributed by atoms with E-state index in [0.29, 0.717) is 22.9 Å². The maximum absolute atomic E-state index is 12.3. The summed E-state index contributed by atoms with van der Waals surface area (Å²) in [5.41, 5.74) is 0.401. The van der Waals surface area contributed by atoms with E-state index in [9.17, 15) is 4.79 Å². The Balaban J connectivity index is 2.21. The number of nitrogens with zero attached hydrogens (tertiary/aromatic N) is 2. The number of para-hydroxylation sites is 1. The van der Waals surface area contributed by atoms with E-state index < -0.39 is 0 Å². The Morgan fingerprint density at radius 3 is 2.75 bits per heavy atom. The van der Waals surface area contributed by atoms with Crippen molar-refractivity contribution in [1.29, 1.82) is 0 Å². The van der Waals surface area contributed by atoms with Gasteiger partial charge in [-0.05, 0) is 19.1 Å². The predicted molar refractivity (Wildman–Crippen MR) is 71.8 cm³/mol. The van der Waals surface area contributed by atoms with Crippen molar-refractivity contribution in [3.8, 4) is 11.5 Å². The molecule has 0 bridgehead atoms. The van der Waals surface area contributed by atoms with Gasteiger partial charge >= 0.3 is 0 Å². The number of benzene rings is 1. The Hall–Kier alpha value is -2.57. The molecule has 7 nitrogen and oxygen atoms in total. The fourth-order valence-corrected chi connectivity index (χ4v) is 1.83. The summed E-state index contributed by atoms with van der Waals surface area (Å²) in [6.07, 6.45) is 1.39. The molecule has 0 fully saturated rings. The van der Waals surface area contributed by atoms with E-state index in [1.165, 1.54) is 20.5 Å². The first kappa shape index (κ1) is 13.9. The lowest BCUT2D eigenvalue weighted by Gasteiger charge is -2.15. The summed E-state index contributed by atoms with van der Waals surface area (Å²) in [7, 11) is 3.02. The molecule has 1 amide bonds. The zero-order valence-electron chi connectivity index (χ0n) is 11.5. The van der Waals surface area contributed by atoms with Crippen molar-refractivity contribution in [2.24, 2.45) is 0 Å². The van der Waals surface area contributed by atoms with Crippen molar-refractivity contribution in [2.45, 2.75) is 13.0 Å². The van der Waals surface area contributed by atoms with Crippen LogP contribution in [0.3, 0.4) is 0 Å². The molecule has 1 heterocycles. The summed E-state index contributed by atoms with van der Waals surface area (Å²) in [5.74, 6) is 1.22. The number of hydrogen-bond donors (Lipinski definition) is 2. The molecule has 0 saturated heterocycles. The normalized spacial score (nSPS) is 11.8. The standard InChI is InChI=1S/C13H16N4O3/c1-8(12-14-7-15-17-12)16-13(18)9-5-4-6-10(19-2)11(9)20-3/h4-8H,1-3H3,(H,16,18)(H,14,15,17). The fraction of sp³-hybridized carbons (Fsp3) is 0.308. The molecule has 0 aliphatic heterocycles. The number of rotatable bonds is 5. The molecule has 0 saturated carbocycles. The third-order valence-corrected chi connectivity index (χ3v) is 2.84. The van der Waals surface area contributed by atoms with E-state index in [0.717, 1.165) is 0 Å². The van der Waals surface area contributed by atoms with Crippen LogP contribution in [0, 0.1) is 0 Å². The summed E-state index contributed by atoms with van der Waals surface area (Å²) in [5, 5.41) is 9.28. The van der Waals surface area contributed by atoms with E-state index in [1.807, 2.05) is 6.92 Å². The van der Waals surface area contributed by atoms with Crippen molar-refractivity contribution in [2.75, 3.05) is 14.2 Å². The Morgan fingerprint density at radius 1 is 1.35 bits per heavy atom. The average molecular weight is 276 g/mol. The lowest BCUT2D eigenvalue weighted by atomic mass is 10.1. The molecule has 7 heteroatoms. The highest BCUT2D eigenvalue weighted by Crippen LogP contribution is 2.30. The van der Waals surface area contributed by atoms with Crippen molar-refractivity contribution < 1.29 is 14.3 Å². The van der Waals surface area contributed by atoms with Crippen LogP contribution >= 0.6 is 0 Å². The van der Waals surface area contributed by atoms with Crippen molar-refractivity contribution in [1.82, 2.24) is 20.5 Å². The Bertz CT molecular complexity index is 583. The minimum atomic E-state index is -0.291. The van der Waals surface area contributed by atoms with Crippen LogP contribution in [0.5, 0.6) is 11.5 Å². The lowest BCUT2D eigenvalue weighted by Crippen LogP contribution is -2.27. The first-order chi connectivity index (χ1) is 9.67. The number of H-pyrrole nitrogens is 1. The zero-order valence-corrected chi connectivity index (χ0v) is 11.5. The molecule has 2 rings (SSSR count). The maximum Gasteiger partial charge on any atom is 0.255 e. The molecule has 106 valence electrons. The topological polar surface area (TPSA) is 89.1 Å². The van der Waals surface area contributed by atoms with Crippen LogP contribution in [0.25, 0.3) is 0 Å². The van der Waals surface area contributed by atoms with Gasteiger partial charge < -0.3 is 14.8 Å². The highest BCUT2D eigenvalue weighted by Gasteiger charge is 2.19. The van der Waals surface area contributed by atoms with Gasteiger partial charge in [0.05, 0.1) is 25.8 Å². The van der Waals surface area contributed by atoms with Crippen molar-refractivity contribution in [3.63, 3.8) is 0 Å². The number of aromatic amines is 1. The molecule has 1 unspecified atom stereocenters. The van der Waals surface area contributed by atoms with Gasteiger partial charge in [0.2, 0.25) is 0 Å². The van der Waals surface area contributed by atoms with Gasteiger partial charge in [0, 0.05) is 0 Å². The zero-order chi connectivity index (χ0) is 14.5. The van der Waals surface area contributed by atoms with E-state index in [2.05, 4.69) is 20.5 Å². The van der Waals surface area contributed by atoms with Gasteiger partial charge in [0.25, 0.3) is 5.91 Å². The van der Waals surface area contributed by atoms with Crippen LogP contribution in [0.15, 0.2) is 24.5 Å². The molecule has 1 aromatic carbocycles. The second kappa shape index (κ2) is 6.05. The van der Waals surface area contributed by atoms with Gasteiger partial charge in [0.1, 0.15) is 12.2 Å². The van der Waals surface area contributed by atoms with Crippen LogP contribution in [-0.2, 0) is 0 Å². The second-order valence-corrected chi connectivity index (χ2v) is 4.11. The van der Waals surface area contributed by atoms with Crippen LogP contribution in [0.4, 0.5) is 0 Å². The minimum absolute atomic E-state index is 0.273. The number of hydrogen-bond acceptors (Lipinski definition) is 5. The van der Waals surface area contributed by atoms with E-state index in [1.54, 1.807) is 18.2 Å². The quantitative estimate of drug-likeness (QED) is 0.859. The molecule has 1 atom stereocenters. The number of carbonyl (C=O) groups is 1. The Labute approximate surface area is 116 Å². The summed E-state index contributed by atoms with van der Waals surface area (Å²) >= 11 is 0. The molecule has 0 radical (unpaired) electrons. The Kier molecular flexibility index (Phi) is 4.19. The number of amides is 1. The number of aromatic nitrogens is 3. The minimum Gasteiger partial charge on any atom is -0.493 e. The van der Waals surface area contributed by atoms with Crippen LogP contribution in [-0.4, -0.2) is 35.3 Å². The highest BCUT2D eigenvalue weighted by molar-refractivity contribution is 5.98. The summed E-state index contributed by atoms with van der Waals surface area (Å²) in [4.78, 5) is 16.3. The second-order valence-electron chi connectivity index (χ2n) is 4.11.